The second kappa shape index (κ2) is 7.55. The molecule has 0 N–H and O–H groups in total. The molecule has 6 nitrogen and oxygen atoms in total. The van der Waals surface area contributed by atoms with Gasteiger partial charge in [0.1, 0.15) is 6.07 Å². The van der Waals surface area contributed by atoms with Crippen molar-refractivity contribution in [2.24, 2.45) is 44.8 Å². The van der Waals surface area contributed by atoms with Crippen molar-refractivity contribution in [3.05, 3.63) is 35.6 Å². The number of ketones is 2. The summed E-state index contributed by atoms with van der Waals surface area (Å²) in [5.74, 6) is 1.08. The lowest BCUT2D eigenvalue weighted by Crippen LogP contribution is -2.64. The van der Waals surface area contributed by atoms with Gasteiger partial charge in [-0.3, -0.25) is 9.59 Å². The molecule has 0 aromatic carbocycles. The average molecular weight is 516 g/mol. The Balaban J connectivity index is 1.49. The van der Waals surface area contributed by atoms with Gasteiger partial charge in [0.15, 0.2) is 11.6 Å². The topological polar surface area (TPSA) is 96.8 Å². The van der Waals surface area contributed by atoms with Gasteiger partial charge in [-0.15, -0.1) is 10.2 Å². The van der Waals surface area contributed by atoms with Crippen LogP contribution in [-0.4, -0.2) is 21.8 Å². The smallest absolute Gasteiger partial charge is 0.222 e. The van der Waals surface area contributed by atoms with E-state index in [4.69, 9.17) is 4.42 Å². The molecule has 6 rings (SSSR count). The van der Waals surface area contributed by atoms with Crippen molar-refractivity contribution >= 4 is 11.6 Å². The Hall–Kier alpha value is -2.55. The van der Waals surface area contributed by atoms with Gasteiger partial charge in [-0.2, -0.15) is 5.26 Å². The molecule has 3 fully saturated rings. The predicted octanol–water partition coefficient (Wildman–Crippen LogP) is 6.54. The highest BCUT2D eigenvalue weighted by Crippen LogP contribution is 2.74. The van der Waals surface area contributed by atoms with Crippen LogP contribution >= 0.6 is 0 Å². The first-order chi connectivity index (χ1) is 17.7. The number of hydrogen-bond acceptors (Lipinski definition) is 6. The second-order valence-corrected chi connectivity index (χ2v) is 15.1. The molecule has 0 saturated heterocycles. The molecular weight excluding hydrogens is 474 g/mol. The van der Waals surface area contributed by atoms with E-state index in [1.165, 1.54) is 6.39 Å². The summed E-state index contributed by atoms with van der Waals surface area (Å²) in [6.07, 6.45) is 12.2. The summed E-state index contributed by atoms with van der Waals surface area (Å²) < 4.78 is 5.72. The summed E-state index contributed by atoms with van der Waals surface area (Å²) in [4.78, 5) is 27.7. The number of fused-ring (bicyclic) bond motifs is 7. The maximum atomic E-state index is 14.4. The SMILES string of the molecule is CC1(C)C(=O)C(C#N)=C[C@]2(C)C3=CC(=O)[C@@H]4C5C[C@@](C)(c6nnco6)CC[C@]5(C)CC[C@@]4(C)[C@]3(C)CC[C@@H]12. The number of aromatic nitrogens is 2. The van der Waals surface area contributed by atoms with Crippen LogP contribution in [0.15, 0.2) is 34.1 Å². The number of hydrogen-bond donors (Lipinski definition) is 0. The van der Waals surface area contributed by atoms with E-state index in [2.05, 4.69) is 50.9 Å². The minimum absolute atomic E-state index is 0.0612. The zero-order chi connectivity index (χ0) is 27.5. The van der Waals surface area contributed by atoms with Crippen LogP contribution in [0.4, 0.5) is 0 Å². The van der Waals surface area contributed by atoms with Crippen molar-refractivity contribution in [3.63, 3.8) is 0 Å². The third-order valence-corrected chi connectivity index (χ3v) is 12.9. The van der Waals surface area contributed by atoms with Gasteiger partial charge in [-0.1, -0.05) is 60.1 Å². The Morgan fingerprint density at radius 2 is 1.71 bits per heavy atom. The second-order valence-electron chi connectivity index (χ2n) is 15.1. The maximum absolute atomic E-state index is 14.4. The molecule has 38 heavy (non-hydrogen) atoms. The number of nitriles is 1. The van der Waals surface area contributed by atoms with Crippen LogP contribution in [0.5, 0.6) is 0 Å². The molecule has 8 atom stereocenters. The minimum Gasteiger partial charge on any atom is -0.427 e. The summed E-state index contributed by atoms with van der Waals surface area (Å²) >= 11 is 0. The fourth-order valence-electron chi connectivity index (χ4n) is 10.3. The molecule has 1 aromatic rings. The minimum atomic E-state index is -0.641. The number of carbonyl (C=O) groups is 2. The summed E-state index contributed by atoms with van der Waals surface area (Å²) in [5.41, 5.74) is -0.255. The molecule has 0 spiro atoms. The highest BCUT2D eigenvalue weighted by molar-refractivity contribution is 6.04. The molecule has 5 aliphatic carbocycles. The summed E-state index contributed by atoms with van der Waals surface area (Å²) in [6, 6.07) is 2.20. The van der Waals surface area contributed by atoms with Gasteiger partial charge in [-0.05, 0) is 79.1 Å². The van der Waals surface area contributed by atoms with E-state index in [0.717, 1.165) is 50.5 Å². The van der Waals surface area contributed by atoms with Crippen LogP contribution in [0.25, 0.3) is 0 Å². The van der Waals surface area contributed by atoms with Crippen LogP contribution in [-0.2, 0) is 15.0 Å². The van der Waals surface area contributed by atoms with Crippen molar-refractivity contribution in [1.29, 1.82) is 5.26 Å². The van der Waals surface area contributed by atoms with Crippen LogP contribution < -0.4 is 0 Å². The molecule has 1 heterocycles. The van der Waals surface area contributed by atoms with Crippen molar-refractivity contribution in [2.75, 3.05) is 0 Å². The highest BCUT2D eigenvalue weighted by Gasteiger charge is 2.69. The van der Waals surface area contributed by atoms with Crippen LogP contribution in [0.2, 0.25) is 0 Å². The quantitative estimate of drug-likeness (QED) is 0.421. The van der Waals surface area contributed by atoms with Crippen molar-refractivity contribution < 1.29 is 14.0 Å². The first-order valence-electron chi connectivity index (χ1n) is 14.4. The molecule has 1 aromatic heterocycles. The monoisotopic (exact) mass is 515 g/mol. The van der Waals surface area contributed by atoms with Crippen LogP contribution in [0.1, 0.15) is 99.3 Å². The number of allylic oxidation sites excluding steroid dienone is 4. The Bertz CT molecular complexity index is 1330. The molecule has 5 aliphatic rings. The van der Waals surface area contributed by atoms with E-state index in [1.807, 2.05) is 26.0 Å². The van der Waals surface area contributed by atoms with Gasteiger partial charge >= 0.3 is 0 Å². The van der Waals surface area contributed by atoms with Gasteiger partial charge in [0.05, 0.1) is 5.57 Å². The number of Topliss-reactive ketones (excluding diaryl/α,β-unsaturated/α-hetero) is 1. The number of rotatable bonds is 1. The lowest BCUT2D eigenvalue weighted by Gasteiger charge is -2.69. The van der Waals surface area contributed by atoms with E-state index in [0.29, 0.717) is 5.89 Å². The fourth-order valence-corrected chi connectivity index (χ4v) is 10.3. The Morgan fingerprint density at radius 1 is 1.00 bits per heavy atom. The standard InChI is InChI=1S/C32H41N3O3/c1-27(2)22-8-9-31(6)23(30(22,5)15-19(17-33)25(27)37)14-21(36)24-20-16-29(4,26-35-34-18-38-26)11-10-28(20,3)12-13-32(24,31)7/h14-15,18,20,22,24H,8-13,16H2,1-7H3/t20?,22-,24-,28+,29-,30-,31+,32+/m0/s1. The van der Waals surface area contributed by atoms with E-state index >= 15 is 0 Å². The lowest BCUT2D eigenvalue weighted by molar-refractivity contribution is -0.166. The Labute approximate surface area is 226 Å². The van der Waals surface area contributed by atoms with Gasteiger partial charge < -0.3 is 4.42 Å². The zero-order valence-corrected chi connectivity index (χ0v) is 24.0. The Morgan fingerprint density at radius 3 is 2.37 bits per heavy atom. The molecular formula is C32H41N3O3. The van der Waals surface area contributed by atoms with Gasteiger partial charge in [0, 0.05) is 22.2 Å². The molecule has 1 unspecified atom stereocenters. The maximum Gasteiger partial charge on any atom is 0.222 e. The van der Waals surface area contributed by atoms with Crippen molar-refractivity contribution in [1.82, 2.24) is 10.2 Å². The molecule has 6 heteroatoms. The number of nitrogens with zero attached hydrogens (tertiary/aromatic N) is 3. The summed E-state index contributed by atoms with van der Waals surface area (Å²) in [7, 11) is 0. The highest BCUT2D eigenvalue weighted by atomic mass is 16.4. The normalized spacial score (nSPS) is 47.5. The third kappa shape index (κ3) is 2.94. The van der Waals surface area contributed by atoms with E-state index < -0.39 is 10.8 Å². The molecule has 0 bridgehead atoms. The third-order valence-electron chi connectivity index (χ3n) is 12.9. The average Bonchev–Trinajstić information content (AvgIpc) is 3.40. The molecule has 202 valence electrons. The summed E-state index contributed by atoms with van der Waals surface area (Å²) in [5, 5.41) is 18.2. The van der Waals surface area contributed by atoms with E-state index in [-0.39, 0.29) is 56.6 Å². The fraction of sp³-hybridized carbons (Fsp3) is 0.719. The van der Waals surface area contributed by atoms with Gasteiger partial charge in [-0.25, -0.2) is 0 Å². The molecule has 0 amide bonds. The molecule has 0 radical (unpaired) electrons. The first kappa shape index (κ1) is 25.7. The van der Waals surface area contributed by atoms with Crippen LogP contribution in [0, 0.1) is 56.2 Å². The van der Waals surface area contributed by atoms with Crippen molar-refractivity contribution in [3.8, 4) is 6.07 Å². The van der Waals surface area contributed by atoms with Gasteiger partial charge in [0.2, 0.25) is 12.3 Å². The van der Waals surface area contributed by atoms with Crippen LogP contribution in [0.3, 0.4) is 0 Å². The van der Waals surface area contributed by atoms with E-state index in [1.54, 1.807) is 0 Å². The lowest BCUT2D eigenvalue weighted by atomic mass is 9.34. The first-order valence-corrected chi connectivity index (χ1v) is 14.4. The number of carbonyl (C=O) groups excluding carboxylic acids is 2. The largest absolute Gasteiger partial charge is 0.427 e. The van der Waals surface area contributed by atoms with E-state index in [9.17, 15) is 14.9 Å². The van der Waals surface area contributed by atoms with Crippen molar-refractivity contribution in [2.45, 2.75) is 98.8 Å². The zero-order valence-electron chi connectivity index (χ0n) is 24.0. The summed E-state index contributed by atoms with van der Waals surface area (Å²) in [6.45, 7) is 15.5. The molecule has 0 aliphatic heterocycles. The van der Waals surface area contributed by atoms with Gasteiger partial charge in [0.25, 0.3) is 0 Å². The molecule has 3 saturated carbocycles. The Kier molecular flexibility index (Phi) is 5.11. The predicted molar refractivity (Wildman–Crippen MR) is 142 cm³/mol.